The maximum absolute atomic E-state index is 13.1. The van der Waals surface area contributed by atoms with Gasteiger partial charge in [0.15, 0.2) is 0 Å². The smallest absolute Gasteiger partial charge is 0.306 e. The van der Waals surface area contributed by atoms with Gasteiger partial charge in [0.2, 0.25) is 5.91 Å². The lowest BCUT2D eigenvalue weighted by Gasteiger charge is -2.24. The molecule has 0 aliphatic heterocycles. The van der Waals surface area contributed by atoms with Crippen molar-refractivity contribution in [3.8, 4) is 0 Å². The van der Waals surface area contributed by atoms with Gasteiger partial charge in [-0.05, 0) is 44.9 Å². The summed E-state index contributed by atoms with van der Waals surface area (Å²) in [6, 6.07) is -0.710. The third-order valence-electron chi connectivity index (χ3n) is 9.77. The molecule has 0 saturated carbocycles. The monoisotopic (exact) mass is 730 g/mol. The van der Waals surface area contributed by atoms with Crippen LogP contribution in [0.25, 0.3) is 0 Å². The van der Waals surface area contributed by atoms with Crippen molar-refractivity contribution in [2.24, 2.45) is 0 Å². The van der Waals surface area contributed by atoms with E-state index in [0.717, 1.165) is 70.6 Å². The van der Waals surface area contributed by atoms with E-state index >= 15 is 0 Å². The highest BCUT2D eigenvalue weighted by Crippen LogP contribution is 2.17. The van der Waals surface area contributed by atoms with E-state index in [2.05, 4.69) is 50.4 Å². The normalized spacial score (nSPS) is 13.9. The molecule has 0 aromatic heterocycles. The van der Waals surface area contributed by atoms with Gasteiger partial charge in [-0.25, -0.2) is 0 Å². The third kappa shape index (κ3) is 34.9. The average molecular weight is 730 g/mol. The Morgan fingerprint density at radius 1 is 0.577 bits per heavy atom. The quantitative estimate of drug-likeness (QED) is 0.0334. The van der Waals surface area contributed by atoms with Crippen molar-refractivity contribution in [1.29, 1.82) is 0 Å². The lowest BCUT2D eigenvalue weighted by molar-refractivity contribution is -0.151. The van der Waals surface area contributed by atoms with Crippen molar-refractivity contribution in [3.05, 3.63) is 48.6 Å². The molecule has 0 radical (unpaired) electrons. The molecule has 0 aromatic rings. The number of rotatable bonds is 38. The molecule has 3 atom stereocenters. The Hall–Kier alpha value is -2.18. The molecule has 0 bridgehead atoms. The molecule has 3 N–H and O–H groups in total. The van der Waals surface area contributed by atoms with Crippen molar-refractivity contribution >= 4 is 11.9 Å². The van der Waals surface area contributed by atoms with Crippen LogP contribution in [0.15, 0.2) is 48.6 Å². The van der Waals surface area contributed by atoms with Gasteiger partial charge in [-0.15, -0.1) is 0 Å². The van der Waals surface area contributed by atoms with E-state index in [1.165, 1.54) is 89.9 Å². The van der Waals surface area contributed by atoms with Crippen LogP contribution in [0.4, 0.5) is 0 Å². The van der Waals surface area contributed by atoms with Gasteiger partial charge in [-0.3, -0.25) is 9.59 Å². The Morgan fingerprint density at radius 2 is 1.04 bits per heavy atom. The van der Waals surface area contributed by atoms with E-state index in [1.54, 1.807) is 0 Å². The van der Waals surface area contributed by atoms with Crippen LogP contribution in [-0.2, 0) is 14.3 Å². The molecule has 1 amide bonds. The summed E-state index contributed by atoms with van der Waals surface area (Å²) in [5.41, 5.74) is 0. The first-order valence-corrected chi connectivity index (χ1v) is 21.9. The number of unbranched alkanes of at least 4 members (excludes halogenated alkanes) is 21. The van der Waals surface area contributed by atoms with Gasteiger partial charge in [0.25, 0.3) is 0 Å². The lowest BCUT2D eigenvalue weighted by Crippen LogP contribution is -2.46. The van der Waals surface area contributed by atoms with Crippen LogP contribution >= 0.6 is 0 Å². The zero-order chi connectivity index (χ0) is 38.2. The molecule has 0 saturated heterocycles. The molecule has 6 nitrogen and oxygen atoms in total. The van der Waals surface area contributed by atoms with Gasteiger partial charge in [0.1, 0.15) is 6.10 Å². The second-order valence-corrected chi connectivity index (χ2v) is 14.8. The number of hydrogen-bond acceptors (Lipinski definition) is 5. The standard InChI is InChI=1S/C46H83NO5/c1-4-7-10-13-16-19-22-23-24-25-28-31-34-37-42(52-46(51)39-36-33-30-27-21-18-15-12-9-6-3)40-45(50)47-43(41-48)44(49)38-35-32-29-26-20-17-14-11-8-5-2/h7,10,13,16,19,22-24,42-44,48-49H,4-6,8-9,11-12,14-15,17-18,20-21,25-41H2,1-3H3,(H,47,50)/b10-7+,16-13+,22-19+,24-23-. The number of ether oxygens (including phenoxy) is 1. The molecule has 0 fully saturated rings. The average Bonchev–Trinajstić information content (AvgIpc) is 3.13. The van der Waals surface area contributed by atoms with Crippen LogP contribution < -0.4 is 5.32 Å². The van der Waals surface area contributed by atoms with Gasteiger partial charge in [0.05, 0.1) is 25.2 Å². The van der Waals surface area contributed by atoms with Crippen molar-refractivity contribution < 1.29 is 24.5 Å². The zero-order valence-electron chi connectivity index (χ0n) is 34.2. The van der Waals surface area contributed by atoms with Crippen LogP contribution in [0.2, 0.25) is 0 Å². The van der Waals surface area contributed by atoms with E-state index in [0.29, 0.717) is 19.3 Å². The molecule has 0 rings (SSSR count). The minimum Gasteiger partial charge on any atom is -0.462 e. The second kappa shape index (κ2) is 40.0. The van der Waals surface area contributed by atoms with E-state index in [-0.39, 0.29) is 24.9 Å². The van der Waals surface area contributed by atoms with Crippen LogP contribution in [0.1, 0.15) is 207 Å². The summed E-state index contributed by atoms with van der Waals surface area (Å²) in [7, 11) is 0. The predicted octanol–water partition coefficient (Wildman–Crippen LogP) is 12.3. The summed E-state index contributed by atoms with van der Waals surface area (Å²) in [6.07, 6.45) is 46.0. The number of carbonyl (C=O) groups excluding carboxylic acids is 2. The molecule has 52 heavy (non-hydrogen) atoms. The number of aliphatic hydroxyl groups excluding tert-OH is 2. The minimum absolute atomic E-state index is 0.0525. The first-order valence-electron chi connectivity index (χ1n) is 21.9. The second-order valence-electron chi connectivity index (χ2n) is 14.8. The van der Waals surface area contributed by atoms with Crippen molar-refractivity contribution in [1.82, 2.24) is 5.32 Å². The Bertz CT molecular complexity index is 910. The molecule has 3 unspecified atom stereocenters. The molecule has 0 aliphatic rings. The number of carbonyl (C=O) groups is 2. The van der Waals surface area contributed by atoms with Crippen molar-refractivity contribution in [3.63, 3.8) is 0 Å². The number of hydrogen-bond donors (Lipinski definition) is 3. The number of nitrogens with one attached hydrogen (secondary N) is 1. The highest BCUT2D eigenvalue weighted by Gasteiger charge is 2.24. The fourth-order valence-electron chi connectivity index (χ4n) is 6.44. The summed E-state index contributed by atoms with van der Waals surface area (Å²) >= 11 is 0. The van der Waals surface area contributed by atoms with Crippen LogP contribution in [0, 0.1) is 0 Å². The minimum atomic E-state index is -0.794. The highest BCUT2D eigenvalue weighted by atomic mass is 16.5. The van der Waals surface area contributed by atoms with E-state index in [1.807, 2.05) is 24.3 Å². The molecule has 0 aromatic carbocycles. The fraction of sp³-hybridized carbons (Fsp3) is 0.783. The molecule has 302 valence electrons. The first kappa shape index (κ1) is 49.8. The number of allylic oxidation sites excluding steroid dienone is 8. The molecule has 0 aliphatic carbocycles. The Morgan fingerprint density at radius 3 is 1.58 bits per heavy atom. The molecule has 0 heterocycles. The number of amides is 1. The van der Waals surface area contributed by atoms with Gasteiger partial charge < -0.3 is 20.3 Å². The Balaban J connectivity index is 4.69. The van der Waals surface area contributed by atoms with Crippen LogP contribution in [-0.4, -0.2) is 46.9 Å². The number of aliphatic hydroxyl groups is 2. The van der Waals surface area contributed by atoms with Gasteiger partial charge in [-0.1, -0.05) is 198 Å². The summed E-state index contributed by atoms with van der Waals surface area (Å²) in [5.74, 6) is -0.516. The fourth-order valence-corrected chi connectivity index (χ4v) is 6.44. The largest absolute Gasteiger partial charge is 0.462 e. The maximum Gasteiger partial charge on any atom is 0.306 e. The zero-order valence-corrected chi connectivity index (χ0v) is 34.2. The predicted molar refractivity (Wildman–Crippen MR) is 222 cm³/mol. The van der Waals surface area contributed by atoms with Gasteiger partial charge in [0, 0.05) is 6.42 Å². The van der Waals surface area contributed by atoms with Crippen LogP contribution in [0.5, 0.6) is 0 Å². The third-order valence-corrected chi connectivity index (χ3v) is 9.77. The molecule has 0 spiro atoms. The Kier molecular flexibility index (Phi) is 38.3. The van der Waals surface area contributed by atoms with E-state index in [9.17, 15) is 19.8 Å². The van der Waals surface area contributed by atoms with E-state index < -0.39 is 18.2 Å². The SMILES string of the molecule is CC/C=C/C=C/C=C/C=C\CCCCCC(CC(=O)NC(CO)C(O)CCCCCCCCCCCC)OC(=O)CCCCCCCCCCCC. The van der Waals surface area contributed by atoms with Gasteiger partial charge in [-0.2, -0.15) is 0 Å². The number of esters is 1. The summed E-state index contributed by atoms with van der Waals surface area (Å²) in [5, 5.41) is 23.6. The topological polar surface area (TPSA) is 95.9 Å². The summed E-state index contributed by atoms with van der Waals surface area (Å²) < 4.78 is 5.87. The van der Waals surface area contributed by atoms with Gasteiger partial charge >= 0.3 is 5.97 Å². The lowest BCUT2D eigenvalue weighted by atomic mass is 10.0. The Labute approximate surface area is 321 Å². The van der Waals surface area contributed by atoms with E-state index in [4.69, 9.17) is 4.74 Å². The molecular weight excluding hydrogens is 647 g/mol. The first-order chi connectivity index (χ1) is 25.5. The maximum atomic E-state index is 13.1. The summed E-state index contributed by atoms with van der Waals surface area (Å²) in [4.78, 5) is 25.9. The van der Waals surface area contributed by atoms with Crippen molar-refractivity contribution in [2.75, 3.05) is 6.61 Å². The molecular formula is C46H83NO5. The van der Waals surface area contributed by atoms with Crippen LogP contribution in [0.3, 0.4) is 0 Å². The highest BCUT2D eigenvalue weighted by molar-refractivity contribution is 5.77. The summed E-state index contributed by atoms with van der Waals surface area (Å²) in [6.45, 7) is 6.29. The molecule has 6 heteroatoms. The van der Waals surface area contributed by atoms with Crippen molar-refractivity contribution in [2.45, 2.75) is 225 Å².